The van der Waals surface area contributed by atoms with Crippen molar-refractivity contribution in [2.24, 2.45) is 34.6 Å². The third kappa shape index (κ3) is 32.9. The Kier molecular flexibility index (Phi) is 36.9. The third-order valence-corrected chi connectivity index (χ3v) is 15.0. The summed E-state index contributed by atoms with van der Waals surface area (Å²) in [6, 6.07) is -8.91. The van der Waals surface area contributed by atoms with Crippen molar-refractivity contribution >= 4 is 112 Å². The van der Waals surface area contributed by atoms with E-state index < -0.39 is 224 Å². The lowest BCUT2D eigenvalue weighted by molar-refractivity contribution is -0.144. The summed E-state index contributed by atoms with van der Waals surface area (Å²) in [6.07, 6.45) is -5.19. The zero-order chi connectivity index (χ0) is 76.4. The van der Waals surface area contributed by atoms with Crippen LogP contribution in [-0.4, -0.2) is 238 Å². The Balaban J connectivity index is 2.30. The fourth-order valence-corrected chi connectivity index (χ4v) is 9.74. The number of aliphatic carboxylic acids is 2. The molecule has 41 heteroatoms. The molecule has 0 bridgehead atoms. The lowest BCUT2D eigenvalue weighted by Gasteiger charge is -2.30. The summed E-state index contributed by atoms with van der Waals surface area (Å²) in [5.41, 5.74) is 27.3. The molecule has 0 spiro atoms. The van der Waals surface area contributed by atoms with Gasteiger partial charge in [0.2, 0.25) is 94.5 Å². The minimum Gasteiger partial charge on any atom is -0.481 e. The van der Waals surface area contributed by atoms with Gasteiger partial charge >= 0.3 is 11.9 Å². The fourth-order valence-electron chi connectivity index (χ4n) is 9.74. The van der Waals surface area contributed by atoms with E-state index in [-0.39, 0.29) is 76.8 Å². The number of carbonyl (C=O) groups excluding carboxylic acids is 16. The summed E-state index contributed by atoms with van der Waals surface area (Å²) >= 11 is 0. The van der Waals surface area contributed by atoms with Crippen LogP contribution < -0.4 is 97.8 Å². The molecule has 27 N–H and O–H groups in total. The number of guanidine groups is 1. The van der Waals surface area contributed by atoms with Gasteiger partial charge in [-0.1, -0.05) is 44.2 Å². The van der Waals surface area contributed by atoms with Crippen LogP contribution in [0.3, 0.4) is 0 Å². The molecule has 0 aromatic heterocycles. The second-order valence-corrected chi connectivity index (χ2v) is 24.1. The first-order valence-corrected chi connectivity index (χ1v) is 32.0. The highest BCUT2D eigenvalue weighted by Gasteiger charge is 2.41. The number of rotatable bonds is 45. The highest BCUT2D eigenvalue weighted by Crippen LogP contribution is 2.21. The average molecular weight is 1430 g/mol. The molecule has 101 heavy (non-hydrogen) atoms. The van der Waals surface area contributed by atoms with Gasteiger partial charge in [-0.05, 0) is 77.2 Å². The maximum Gasteiger partial charge on any atom is 0.322 e. The molecule has 1 aromatic rings. The second kappa shape index (κ2) is 43.3. The van der Waals surface area contributed by atoms with Gasteiger partial charge in [0, 0.05) is 32.4 Å². The molecular formula is C60H94N20O21. The zero-order valence-corrected chi connectivity index (χ0v) is 56.4. The number of carbonyl (C=O) groups is 18. The first-order valence-electron chi connectivity index (χ1n) is 32.0. The fraction of sp³-hybridized carbons (Fsp3) is 0.583. The number of carboxylic acids is 2. The maximum absolute atomic E-state index is 14.2. The van der Waals surface area contributed by atoms with E-state index in [0.717, 1.165) is 11.8 Å². The SMILES string of the molecule is CC(C)C[C@H](NC(=O)[C@H](C)NC(=O)[C@H](Cc1ccccc1)NC(=O)[C@@H](NC(=O)[C@H](C)NC(=O)CNC(=O)[C@@H](N)CCC(N)=O)[C@@H](C)O)C(=O)N[C@@H](CCCNC(=N)N)C(=O)NCC(=O)N[C@@H](CC(=O)O)C(=O)N[C@@H](CC(N)=O)C(=O)N1CCC[C@H]1C(=O)N[C@@H](CCC(N)=O)C(=O)NCC(=O)O. The van der Waals surface area contributed by atoms with Crippen LogP contribution in [0.2, 0.25) is 0 Å². The van der Waals surface area contributed by atoms with Crippen molar-refractivity contribution in [3.63, 3.8) is 0 Å². The summed E-state index contributed by atoms with van der Waals surface area (Å²) in [5.74, 6) is -19.9. The molecule has 1 aliphatic rings. The largest absolute Gasteiger partial charge is 0.481 e. The lowest BCUT2D eigenvalue weighted by Crippen LogP contribution is -2.61. The van der Waals surface area contributed by atoms with Gasteiger partial charge in [-0.25, -0.2) is 0 Å². The topological polar surface area (TPSA) is 682 Å². The molecule has 560 valence electrons. The van der Waals surface area contributed by atoms with Crippen LogP contribution in [0.25, 0.3) is 0 Å². The van der Waals surface area contributed by atoms with Crippen LogP contribution in [0.1, 0.15) is 111 Å². The molecule has 2 rings (SSSR count). The number of hydrogen-bond acceptors (Lipinski definition) is 21. The first kappa shape index (κ1) is 86.0. The standard InChI is InChI=1S/C60H94N20O21/c1-28(2)21-36(76-49(91)30(4)72-54(96)37(22-32-11-7-6-8-12-32)77-58(100)48(31(5)81)79-50(92)29(3)71-44(85)25-68-51(93)33(61)15-17-41(62)82)55(97)74-34(13-9-19-67-60(65)66)52(94)69-26-45(86)73-38(24-46(87)88)56(98)78-39(23-43(64)84)59(101)80-20-10-14-40(80)57(99)75-35(16-18-42(63)83)53(95)70-27-47(89)90/h6-8,11-12,28-31,33-40,48,81H,9-10,13-27,61H2,1-5H3,(H2,62,82)(H2,63,83)(H2,64,84)(H,68,93)(H,69,94)(H,70,95)(H,71,85)(H,72,96)(H,73,86)(H,74,97)(H,75,99)(H,76,91)(H,77,100)(H,78,98)(H,79,92)(H,87,88)(H,89,90)(H4,65,66,67)/t29-,30-,31+,33-,34-,35-,36-,37-,38-,39-,40-,48-/m0/s1. The van der Waals surface area contributed by atoms with E-state index in [1.807, 2.05) is 0 Å². The normalized spacial score (nSPS) is 15.6. The molecule has 0 radical (unpaired) electrons. The van der Waals surface area contributed by atoms with Crippen molar-refractivity contribution in [1.82, 2.24) is 74.0 Å². The monoisotopic (exact) mass is 1430 g/mol. The summed E-state index contributed by atoms with van der Waals surface area (Å²) in [6.45, 7) is 4.31. The van der Waals surface area contributed by atoms with Gasteiger partial charge in [-0.3, -0.25) is 91.7 Å². The highest BCUT2D eigenvalue weighted by atomic mass is 16.4. The van der Waals surface area contributed by atoms with Crippen LogP contribution >= 0.6 is 0 Å². The highest BCUT2D eigenvalue weighted by molar-refractivity contribution is 6.01. The van der Waals surface area contributed by atoms with E-state index in [4.69, 9.17) is 39.2 Å². The van der Waals surface area contributed by atoms with Crippen molar-refractivity contribution in [1.29, 1.82) is 5.41 Å². The molecule has 0 unspecified atom stereocenters. The number of nitrogens with zero attached hydrogens (tertiary/aromatic N) is 1. The van der Waals surface area contributed by atoms with E-state index in [1.54, 1.807) is 44.2 Å². The first-order chi connectivity index (χ1) is 47.3. The number of nitrogens with two attached hydrogens (primary N) is 5. The Morgan fingerprint density at radius 3 is 1.59 bits per heavy atom. The van der Waals surface area contributed by atoms with Gasteiger partial charge in [0.15, 0.2) is 5.96 Å². The minimum atomic E-state index is -2.03. The third-order valence-electron chi connectivity index (χ3n) is 15.0. The van der Waals surface area contributed by atoms with Crippen molar-refractivity contribution in [2.75, 3.05) is 32.7 Å². The summed E-state index contributed by atoms with van der Waals surface area (Å²) in [4.78, 5) is 235. The maximum atomic E-state index is 14.2. The number of aliphatic hydroxyl groups is 1. The molecule has 41 nitrogen and oxygen atoms in total. The minimum absolute atomic E-state index is 0.0218. The number of benzene rings is 1. The Morgan fingerprint density at radius 2 is 1.03 bits per heavy atom. The quantitative estimate of drug-likeness (QED) is 0.0164. The summed E-state index contributed by atoms with van der Waals surface area (Å²) in [5, 5.41) is 67.3. The average Bonchev–Trinajstić information content (AvgIpc) is 1.78. The molecule has 1 fully saturated rings. The molecular weight excluding hydrogens is 1340 g/mol. The van der Waals surface area contributed by atoms with E-state index in [2.05, 4.69) is 69.1 Å². The predicted molar refractivity (Wildman–Crippen MR) is 351 cm³/mol. The number of hydrogen-bond donors (Lipinski definition) is 22. The molecule has 1 aliphatic heterocycles. The molecule has 1 heterocycles. The number of primary amides is 3. The number of nitrogens with one attached hydrogen (secondary N) is 14. The number of carboxylic acid groups (broad SMARTS) is 2. The van der Waals surface area contributed by atoms with Gasteiger partial charge in [-0.2, -0.15) is 0 Å². The molecule has 12 atom stereocenters. The zero-order valence-electron chi connectivity index (χ0n) is 56.4. The van der Waals surface area contributed by atoms with Gasteiger partial charge in [0.1, 0.15) is 67.0 Å². The van der Waals surface area contributed by atoms with Gasteiger partial charge in [0.25, 0.3) is 0 Å². The number of amides is 16. The van der Waals surface area contributed by atoms with Crippen LogP contribution in [0.5, 0.6) is 0 Å². The van der Waals surface area contributed by atoms with Gasteiger partial charge in [-0.15, -0.1) is 0 Å². The van der Waals surface area contributed by atoms with Gasteiger partial charge < -0.3 is 118 Å². The molecule has 0 aliphatic carbocycles. The van der Waals surface area contributed by atoms with Gasteiger partial charge in [0.05, 0.1) is 38.1 Å². The van der Waals surface area contributed by atoms with Crippen molar-refractivity contribution in [3.8, 4) is 0 Å². The Labute approximate surface area is 579 Å². The molecule has 1 saturated heterocycles. The summed E-state index contributed by atoms with van der Waals surface area (Å²) in [7, 11) is 0. The van der Waals surface area contributed by atoms with Crippen LogP contribution in [0.15, 0.2) is 30.3 Å². The van der Waals surface area contributed by atoms with E-state index >= 15 is 0 Å². The van der Waals surface area contributed by atoms with Crippen LogP contribution in [0, 0.1) is 11.3 Å². The lowest BCUT2D eigenvalue weighted by atomic mass is 10.0. The van der Waals surface area contributed by atoms with E-state index in [9.17, 15) is 96.5 Å². The predicted octanol–water partition coefficient (Wildman–Crippen LogP) is -10.0. The van der Waals surface area contributed by atoms with E-state index in [1.165, 1.54) is 13.8 Å². The van der Waals surface area contributed by atoms with Crippen LogP contribution in [0.4, 0.5) is 0 Å². The molecule has 0 saturated carbocycles. The Morgan fingerprint density at radius 1 is 0.515 bits per heavy atom. The van der Waals surface area contributed by atoms with Crippen molar-refractivity contribution in [3.05, 3.63) is 35.9 Å². The Bertz CT molecular complexity index is 3170. The van der Waals surface area contributed by atoms with Crippen molar-refractivity contribution in [2.45, 2.75) is 184 Å². The van der Waals surface area contributed by atoms with E-state index in [0.29, 0.717) is 5.56 Å². The summed E-state index contributed by atoms with van der Waals surface area (Å²) < 4.78 is 0. The molecule has 16 amide bonds. The second-order valence-electron chi connectivity index (χ2n) is 24.1. The van der Waals surface area contributed by atoms with Crippen molar-refractivity contribution < 1.29 is 102 Å². The smallest absolute Gasteiger partial charge is 0.322 e. The molecule has 1 aromatic carbocycles. The number of likely N-dealkylation sites (tertiary alicyclic amines) is 1. The van der Waals surface area contributed by atoms with Crippen LogP contribution in [-0.2, 0) is 92.7 Å². The Hall–Kier alpha value is -11.1. The number of aliphatic hydroxyl groups excluding tert-OH is 1.